The number of amides is 1. The Kier molecular flexibility index (Phi) is 3.82. The highest BCUT2D eigenvalue weighted by molar-refractivity contribution is 6.02. The number of rotatable bonds is 4. The molecular weight excluding hydrogens is 280 g/mol. The minimum absolute atomic E-state index is 0.222. The van der Waals surface area contributed by atoms with E-state index in [4.69, 9.17) is 4.74 Å². The summed E-state index contributed by atoms with van der Waals surface area (Å²) in [6.45, 7) is 1.85. The first-order chi connectivity index (χ1) is 10.7. The number of H-pyrrole nitrogens is 1. The largest absolute Gasteiger partial charge is 0.454 e. The van der Waals surface area contributed by atoms with Gasteiger partial charge in [-0.3, -0.25) is 10.1 Å². The molecule has 2 aromatic heterocycles. The van der Waals surface area contributed by atoms with Gasteiger partial charge in [-0.05, 0) is 30.7 Å². The number of nitrogens with one attached hydrogen (secondary N) is 2. The quantitative estimate of drug-likeness (QED) is 0.774. The Balaban J connectivity index is 1.67. The average molecular weight is 294 g/mol. The van der Waals surface area contributed by atoms with Gasteiger partial charge in [-0.25, -0.2) is 9.97 Å². The molecule has 0 saturated carbocycles. The van der Waals surface area contributed by atoms with Crippen LogP contribution in [-0.2, 0) is 0 Å². The molecule has 0 spiro atoms. The molecule has 3 aromatic rings. The van der Waals surface area contributed by atoms with Gasteiger partial charge in [-0.2, -0.15) is 0 Å². The monoisotopic (exact) mass is 294 g/mol. The first-order valence-electron chi connectivity index (χ1n) is 6.72. The Bertz CT molecular complexity index is 766. The van der Waals surface area contributed by atoms with Gasteiger partial charge < -0.3 is 9.72 Å². The molecule has 0 unspecified atom stereocenters. The number of nitrogens with zero attached hydrogens (tertiary/aromatic N) is 2. The molecule has 6 nitrogen and oxygen atoms in total. The summed E-state index contributed by atoms with van der Waals surface area (Å²) in [5, 5.41) is 2.63. The highest BCUT2D eigenvalue weighted by Crippen LogP contribution is 2.19. The van der Waals surface area contributed by atoms with E-state index in [1.807, 2.05) is 43.3 Å². The van der Waals surface area contributed by atoms with Gasteiger partial charge in [0.15, 0.2) is 5.75 Å². The maximum Gasteiger partial charge on any atom is 0.274 e. The van der Waals surface area contributed by atoms with Crippen molar-refractivity contribution in [2.24, 2.45) is 0 Å². The number of benzene rings is 1. The number of ether oxygens (including phenoxy) is 1. The predicted octanol–water partition coefficient (Wildman–Crippen LogP) is 3.16. The maximum atomic E-state index is 12.0. The minimum Gasteiger partial charge on any atom is -0.454 e. The van der Waals surface area contributed by atoms with Crippen LogP contribution in [-0.4, -0.2) is 20.9 Å². The number of anilines is 1. The van der Waals surface area contributed by atoms with E-state index >= 15 is 0 Å². The van der Waals surface area contributed by atoms with Crippen molar-refractivity contribution < 1.29 is 9.53 Å². The zero-order valence-electron chi connectivity index (χ0n) is 11.9. The SMILES string of the molecule is Cc1cc[nH]c1C(=O)Nc1ncc(Oc2ccccc2)cn1. The van der Waals surface area contributed by atoms with E-state index in [0.29, 0.717) is 17.2 Å². The normalized spacial score (nSPS) is 10.2. The van der Waals surface area contributed by atoms with E-state index < -0.39 is 0 Å². The van der Waals surface area contributed by atoms with E-state index in [2.05, 4.69) is 20.3 Å². The molecule has 2 heterocycles. The highest BCUT2D eigenvalue weighted by Gasteiger charge is 2.11. The third kappa shape index (κ3) is 3.12. The summed E-state index contributed by atoms with van der Waals surface area (Å²) in [5.74, 6) is 1.14. The summed E-state index contributed by atoms with van der Waals surface area (Å²) < 4.78 is 5.59. The van der Waals surface area contributed by atoms with Gasteiger partial charge >= 0.3 is 0 Å². The zero-order valence-corrected chi connectivity index (χ0v) is 11.9. The third-order valence-electron chi connectivity index (χ3n) is 3.01. The smallest absolute Gasteiger partial charge is 0.274 e. The van der Waals surface area contributed by atoms with Crippen LogP contribution in [0.5, 0.6) is 11.5 Å². The van der Waals surface area contributed by atoms with Crippen molar-refractivity contribution in [2.45, 2.75) is 6.92 Å². The molecule has 0 radical (unpaired) electrons. The second-order valence-corrected chi connectivity index (χ2v) is 4.65. The number of hydrogen-bond donors (Lipinski definition) is 2. The first kappa shape index (κ1) is 13.8. The van der Waals surface area contributed by atoms with Gasteiger partial charge in [0, 0.05) is 6.20 Å². The van der Waals surface area contributed by atoms with E-state index in [9.17, 15) is 4.79 Å². The average Bonchev–Trinajstić information content (AvgIpc) is 2.96. The molecule has 6 heteroatoms. The summed E-state index contributed by atoms with van der Waals surface area (Å²) >= 11 is 0. The van der Waals surface area contributed by atoms with Gasteiger partial charge in [-0.15, -0.1) is 0 Å². The fourth-order valence-electron chi connectivity index (χ4n) is 1.91. The first-order valence-corrected chi connectivity index (χ1v) is 6.72. The van der Waals surface area contributed by atoms with Crippen LogP contribution in [0.2, 0.25) is 0 Å². The zero-order chi connectivity index (χ0) is 15.4. The molecule has 110 valence electrons. The molecule has 3 rings (SSSR count). The Morgan fingerprint density at radius 3 is 2.45 bits per heavy atom. The van der Waals surface area contributed by atoms with Crippen molar-refractivity contribution in [1.82, 2.24) is 15.0 Å². The lowest BCUT2D eigenvalue weighted by molar-refractivity contribution is 0.102. The van der Waals surface area contributed by atoms with Crippen molar-refractivity contribution in [3.63, 3.8) is 0 Å². The van der Waals surface area contributed by atoms with Gasteiger partial charge in [0.05, 0.1) is 12.4 Å². The van der Waals surface area contributed by atoms with Crippen LogP contribution < -0.4 is 10.1 Å². The lowest BCUT2D eigenvalue weighted by Crippen LogP contribution is -2.15. The van der Waals surface area contributed by atoms with E-state index in [1.165, 1.54) is 12.4 Å². The molecular formula is C16H14N4O2. The number of carbonyl (C=O) groups is 1. The summed E-state index contributed by atoms with van der Waals surface area (Å²) in [6.07, 6.45) is 4.73. The summed E-state index contributed by atoms with van der Waals surface area (Å²) in [5.41, 5.74) is 1.36. The van der Waals surface area contributed by atoms with Crippen LogP contribution in [0, 0.1) is 6.92 Å². The van der Waals surface area contributed by atoms with E-state index in [1.54, 1.807) is 6.20 Å². The standard InChI is InChI=1S/C16H14N4O2/c1-11-7-8-17-14(11)15(21)20-16-18-9-13(10-19-16)22-12-5-3-2-4-6-12/h2-10,17H,1H3,(H,18,19,20,21). The lowest BCUT2D eigenvalue weighted by atomic mass is 10.2. The summed E-state index contributed by atoms with van der Waals surface area (Å²) in [4.78, 5) is 23.0. The number of aryl methyl sites for hydroxylation is 1. The van der Waals surface area contributed by atoms with Crippen LogP contribution in [0.3, 0.4) is 0 Å². The molecule has 0 fully saturated rings. The van der Waals surface area contributed by atoms with Gasteiger partial charge in [0.1, 0.15) is 11.4 Å². The second-order valence-electron chi connectivity index (χ2n) is 4.65. The van der Waals surface area contributed by atoms with Crippen molar-refractivity contribution in [3.05, 3.63) is 66.2 Å². The van der Waals surface area contributed by atoms with Crippen molar-refractivity contribution in [2.75, 3.05) is 5.32 Å². The molecule has 0 aliphatic carbocycles. The molecule has 2 N–H and O–H groups in total. The molecule has 0 saturated heterocycles. The van der Waals surface area contributed by atoms with Crippen molar-refractivity contribution in [1.29, 1.82) is 0 Å². The fourth-order valence-corrected chi connectivity index (χ4v) is 1.91. The van der Waals surface area contributed by atoms with Crippen LogP contribution in [0.4, 0.5) is 5.95 Å². The summed E-state index contributed by atoms with van der Waals surface area (Å²) in [6, 6.07) is 11.2. The van der Waals surface area contributed by atoms with Gasteiger partial charge in [0.25, 0.3) is 5.91 Å². The van der Waals surface area contributed by atoms with E-state index in [-0.39, 0.29) is 11.9 Å². The molecule has 0 aliphatic heterocycles. The number of aromatic nitrogens is 3. The number of hydrogen-bond acceptors (Lipinski definition) is 4. The second kappa shape index (κ2) is 6.09. The fraction of sp³-hybridized carbons (Fsp3) is 0.0625. The molecule has 0 atom stereocenters. The molecule has 0 bridgehead atoms. The number of para-hydroxylation sites is 1. The molecule has 1 amide bonds. The van der Waals surface area contributed by atoms with Crippen LogP contribution in [0.25, 0.3) is 0 Å². The molecule has 22 heavy (non-hydrogen) atoms. The van der Waals surface area contributed by atoms with Crippen LogP contribution >= 0.6 is 0 Å². The topological polar surface area (TPSA) is 79.9 Å². The Morgan fingerprint density at radius 1 is 1.09 bits per heavy atom. The van der Waals surface area contributed by atoms with Gasteiger partial charge in [-0.1, -0.05) is 18.2 Å². The molecule has 1 aromatic carbocycles. The Labute approximate surface area is 127 Å². The number of aromatic amines is 1. The van der Waals surface area contributed by atoms with E-state index in [0.717, 1.165) is 5.56 Å². The minimum atomic E-state index is -0.278. The Morgan fingerprint density at radius 2 is 1.82 bits per heavy atom. The van der Waals surface area contributed by atoms with Crippen LogP contribution in [0.15, 0.2) is 55.0 Å². The maximum absolute atomic E-state index is 12.0. The van der Waals surface area contributed by atoms with Crippen molar-refractivity contribution >= 4 is 11.9 Å². The Hall–Kier alpha value is -3.15. The number of carbonyl (C=O) groups excluding carboxylic acids is 1. The highest BCUT2D eigenvalue weighted by atomic mass is 16.5. The predicted molar refractivity (Wildman–Crippen MR) is 82.0 cm³/mol. The third-order valence-corrected chi connectivity index (χ3v) is 3.01. The lowest BCUT2D eigenvalue weighted by Gasteiger charge is -2.06. The van der Waals surface area contributed by atoms with Gasteiger partial charge in [0.2, 0.25) is 5.95 Å². The van der Waals surface area contributed by atoms with Crippen molar-refractivity contribution in [3.8, 4) is 11.5 Å². The molecule has 0 aliphatic rings. The summed E-state index contributed by atoms with van der Waals surface area (Å²) in [7, 11) is 0. The van der Waals surface area contributed by atoms with Crippen LogP contribution in [0.1, 0.15) is 16.1 Å².